The van der Waals surface area contributed by atoms with Gasteiger partial charge < -0.3 is 24.2 Å². The zero-order valence-electron chi connectivity index (χ0n) is 24.9. The minimum Gasteiger partial charge on any atom is -0.497 e. The molecule has 6 nitrogen and oxygen atoms in total. The van der Waals surface area contributed by atoms with Crippen molar-refractivity contribution in [2.45, 2.75) is 38.8 Å². The number of benzene rings is 4. The molecule has 3 aliphatic rings. The summed E-state index contributed by atoms with van der Waals surface area (Å²) in [4.78, 5) is 12.4. The summed E-state index contributed by atoms with van der Waals surface area (Å²) in [6.07, 6.45) is 2.04. The highest BCUT2D eigenvalue weighted by Crippen LogP contribution is 2.55. The predicted molar refractivity (Wildman–Crippen MR) is 170 cm³/mol. The van der Waals surface area contributed by atoms with Gasteiger partial charge in [0, 0.05) is 61.1 Å². The summed E-state index contributed by atoms with van der Waals surface area (Å²) < 4.78 is 12.3. The molecule has 4 aromatic carbocycles. The van der Waals surface area contributed by atoms with E-state index in [9.17, 15) is 0 Å². The van der Waals surface area contributed by atoms with E-state index in [-0.39, 0.29) is 5.41 Å². The van der Waals surface area contributed by atoms with Crippen LogP contribution in [-0.2, 0) is 5.41 Å². The number of piperazine rings is 1. The van der Waals surface area contributed by atoms with Crippen LogP contribution in [0.25, 0.3) is 10.8 Å². The summed E-state index contributed by atoms with van der Waals surface area (Å²) in [6, 6.07) is 23.9. The average Bonchev–Trinajstić information content (AvgIpc) is 3.14. The molecule has 1 unspecified atom stereocenters. The van der Waals surface area contributed by atoms with Gasteiger partial charge in [-0.05, 0) is 92.9 Å². The summed E-state index contributed by atoms with van der Waals surface area (Å²) in [5.41, 5.74) is 7.55. The number of nitrogens with zero attached hydrogens (tertiary/aromatic N) is 4. The maximum atomic E-state index is 6.99. The van der Waals surface area contributed by atoms with Crippen LogP contribution < -0.4 is 24.2 Å². The number of aryl methyl sites for hydroxylation is 2. The van der Waals surface area contributed by atoms with E-state index in [0.29, 0.717) is 0 Å². The van der Waals surface area contributed by atoms with E-state index in [1.807, 2.05) is 18.3 Å². The maximum absolute atomic E-state index is 6.99. The zero-order chi connectivity index (χ0) is 28.5. The topological polar surface area (TPSA) is 40.5 Å². The number of hydrogen-bond donors (Lipinski definition) is 0. The fraction of sp³-hybridized carbons (Fsp3) is 0.343. The summed E-state index contributed by atoms with van der Waals surface area (Å²) in [6.45, 7) is 12.8. The molecule has 0 saturated carbocycles. The van der Waals surface area contributed by atoms with Crippen LogP contribution in [0.5, 0.6) is 11.5 Å². The van der Waals surface area contributed by atoms with Crippen molar-refractivity contribution in [2.75, 3.05) is 55.0 Å². The molecule has 210 valence electrons. The highest BCUT2D eigenvalue weighted by Gasteiger charge is 2.58. The van der Waals surface area contributed by atoms with Gasteiger partial charge in [0.1, 0.15) is 17.2 Å². The summed E-state index contributed by atoms with van der Waals surface area (Å²) in [7, 11) is 3.84. The molecule has 1 fully saturated rings. The Labute approximate surface area is 242 Å². The van der Waals surface area contributed by atoms with Crippen LogP contribution in [0.4, 0.5) is 22.7 Å². The van der Waals surface area contributed by atoms with Crippen molar-refractivity contribution < 1.29 is 9.47 Å². The summed E-state index contributed by atoms with van der Waals surface area (Å²) >= 11 is 0. The van der Waals surface area contributed by atoms with E-state index in [1.54, 1.807) is 7.11 Å². The summed E-state index contributed by atoms with van der Waals surface area (Å²) in [5.74, 6) is 1.73. The van der Waals surface area contributed by atoms with Gasteiger partial charge in [0.05, 0.1) is 18.7 Å². The largest absolute Gasteiger partial charge is 0.497 e. The first-order chi connectivity index (χ1) is 19.7. The van der Waals surface area contributed by atoms with Crippen molar-refractivity contribution >= 4 is 39.7 Å². The highest BCUT2D eigenvalue weighted by molar-refractivity contribution is 6.05. The number of methoxy groups -OCH3 is 1. The second-order valence-electron chi connectivity index (χ2n) is 12.2. The SMILES string of the molecule is COc1ccc(N2CCN(c3cccc4c5c(ccc34)OC3(C=N5)N(C)c4cc(C)c(C)cc4C3(C)C)CC2)cc1. The van der Waals surface area contributed by atoms with Crippen LogP contribution in [0.1, 0.15) is 30.5 Å². The monoisotopic (exact) mass is 546 g/mol. The molecule has 0 aliphatic carbocycles. The van der Waals surface area contributed by atoms with Gasteiger partial charge in [0.2, 0.25) is 5.72 Å². The Balaban J connectivity index is 1.19. The fourth-order valence-electron chi connectivity index (χ4n) is 6.96. The van der Waals surface area contributed by atoms with Crippen LogP contribution >= 0.6 is 0 Å². The Morgan fingerprint density at radius 2 is 1.51 bits per heavy atom. The average molecular weight is 547 g/mol. The lowest BCUT2D eigenvalue weighted by atomic mass is 9.77. The lowest BCUT2D eigenvalue weighted by molar-refractivity contribution is 0.0826. The van der Waals surface area contributed by atoms with Gasteiger partial charge in [-0.3, -0.25) is 4.99 Å². The summed E-state index contributed by atoms with van der Waals surface area (Å²) in [5, 5.41) is 2.35. The molecule has 3 heterocycles. The number of aliphatic imine (C=N–C) groups is 1. The lowest BCUT2D eigenvalue weighted by Gasteiger charge is -2.45. The van der Waals surface area contributed by atoms with Gasteiger partial charge in [-0.25, -0.2) is 0 Å². The Morgan fingerprint density at radius 1 is 0.805 bits per heavy atom. The number of anilines is 3. The number of rotatable bonds is 3. The predicted octanol–water partition coefficient (Wildman–Crippen LogP) is 7.01. The van der Waals surface area contributed by atoms with E-state index < -0.39 is 5.72 Å². The van der Waals surface area contributed by atoms with Gasteiger partial charge in [-0.2, -0.15) is 0 Å². The van der Waals surface area contributed by atoms with Gasteiger partial charge >= 0.3 is 0 Å². The minimum atomic E-state index is -0.689. The van der Waals surface area contributed by atoms with Crippen LogP contribution in [-0.4, -0.2) is 52.3 Å². The van der Waals surface area contributed by atoms with E-state index in [4.69, 9.17) is 14.5 Å². The third kappa shape index (κ3) is 3.73. The van der Waals surface area contributed by atoms with Crippen molar-refractivity contribution in [1.82, 2.24) is 0 Å². The number of hydrogen-bond acceptors (Lipinski definition) is 6. The lowest BCUT2D eigenvalue weighted by Crippen LogP contribution is -2.61. The first-order valence-corrected chi connectivity index (χ1v) is 14.5. The minimum absolute atomic E-state index is 0.281. The van der Waals surface area contributed by atoms with Crippen LogP contribution in [0.15, 0.2) is 71.7 Å². The molecule has 0 bridgehead atoms. The van der Waals surface area contributed by atoms with E-state index >= 15 is 0 Å². The van der Waals surface area contributed by atoms with E-state index in [2.05, 4.69) is 104 Å². The first kappa shape index (κ1) is 25.8. The van der Waals surface area contributed by atoms with Crippen LogP contribution in [0.3, 0.4) is 0 Å². The van der Waals surface area contributed by atoms with Crippen LogP contribution in [0.2, 0.25) is 0 Å². The smallest absolute Gasteiger partial charge is 0.228 e. The third-order valence-electron chi connectivity index (χ3n) is 9.71. The Bertz CT molecular complexity index is 1690. The van der Waals surface area contributed by atoms with E-state index in [0.717, 1.165) is 48.8 Å². The standard InChI is InChI=1S/C35H38N4O2/c1-23-20-29-31(21-24(23)2)37(5)35(34(29,3)4)22-36-33-28-8-7-9-30(27(28)14-15-32(33)41-35)39-18-16-38(17-19-39)25-10-12-26(40-6)13-11-25/h7-15,20-22H,16-19H2,1-6H3. The normalized spacial score (nSPS) is 20.8. The molecule has 1 atom stereocenters. The molecule has 7 rings (SSSR count). The van der Waals surface area contributed by atoms with Gasteiger partial charge in [-0.1, -0.05) is 18.2 Å². The molecule has 3 aliphatic heterocycles. The third-order valence-corrected chi connectivity index (χ3v) is 9.71. The molecular formula is C35H38N4O2. The van der Waals surface area contributed by atoms with Crippen molar-refractivity contribution in [2.24, 2.45) is 4.99 Å². The number of likely N-dealkylation sites (N-methyl/N-ethyl adjacent to an activating group) is 1. The zero-order valence-corrected chi connectivity index (χ0v) is 24.9. The van der Waals surface area contributed by atoms with E-state index in [1.165, 1.54) is 39.1 Å². The number of ether oxygens (including phenoxy) is 2. The highest BCUT2D eigenvalue weighted by atomic mass is 16.5. The Morgan fingerprint density at radius 3 is 2.24 bits per heavy atom. The molecule has 0 aromatic heterocycles. The molecule has 0 N–H and O–H groups in total. The van der Waals surface area contributed by atoms with Crippen molar-refractivity contribution in [3.63, 3.8) is 0 Å². The van der Waals surface area contributed by atoms with Crippen molar-refractivity contribution in [1.29, 1.82) is 0 Å². The Hall–Kier alpha value is -4.19. The van der Waals surface area contributed by atoms with Crippen molar-refractivity contribution in [3.05, 3.63) is 83.4 Å². The molecule has 1 saturated heterocycles. The second kappa shape index (κ2) is 9.16. The van der Waals surface area contributed by atoms with Crippen molar-refractivity contribution in [3.8, 4) is 11.5 Å². The van der Waals surface area contributed by atoms with Gasteiger partial charge in [0.25, 0.3) is 0 Å². The number of fused-ring (bicyclic) bond motifs is 4. The van der Waals surface area contributed by atoms with Gasteiger partial charge in [0.15, 0.2) is 0 Å². The molecular weight excluding hydrogens is 508 g/mol. The molecule has 1 spiro atoms. The molecule has 0 amide bonds. The molecule has 0 radical (unpaired) electrons. The Kier molecular flexibility index (Phi) is 5.76. The molecule has 41 heavy (non-hydrogen) atoms. The molecule has 6 heteroatoms. The van der Waals surface area contributed by atoms with Gasteiger partial charge in [-0.15, -0.1) is 0 Å². The quantitative estimate of drug-likeness (QED) is 0.276. The molecule has 4 aromatic rings. The van der Waals surface area contributed by atoms with Crippen LogP contribution in [0, 0.1) is 13.8 Å². The fourth-order valence-corrected chi connectivity index (χ4v) is 6.96. The second-order valence-corrected chi connectivity index (χ2v) is 12.2. The first-order valence-electron chi connectivity index (χ1n) is 14.5. The maximum Gasteiger partial charge on any atom is 0.228 e.